The van der Waals surface area contributed by atoms with Gasteiger partial charge in [0.1, 0.15) is 23.9 Å². The number of benzene rings is 4. The van der Waals surface area contributed by atoms with E-state index in [0.717, 1.165) is 27.8 Å². The first kappa shape index (κ1) is 26.8. The number of carbonyl (C=O) groups is 2. The number of methoxy groups -OCH3 is 1. The number of nitrogens with zero attached hydrogens (tertiary/aromatic N) is 1. The third-order valence-electron chi connectivity index (χ3n) is 7.24. The van der Waals surface area contributed by atoms with Gasteiger partial charge >= 0.3 is 0 Å². The first-order valence-corrected chi connectivity index (χ1v) is 13.1. The minimum atomic E-state index is -0.763. The highest BCUT2D eigenvalue weighted by Crippen LogP contribution is 2.42. The molecule has 1 fully saturated rings. The van der Waals surface area contributed by atoms with E-state index in [2.05, 4.69) is 0 Å². The van der Waals surface area contributed by atoms with Crippen molar-refractivity contribution in [3.8, 4) is 11.5 Å². The van der Waals surface area contributed by atoms with Gasteiger partial charge in [0.2, 0.25) is 0 Å². The van der Waals surface area contributed by atoms with E-state index in [-0.39, 0.29) is 17.9 Å². The van der Waals surface area contributed by atoms with E-state index in [1.54, 1.807) is 25.3 Å². The number of likely N-dealkylation sites (tertiary alicyclic amines) is 1. The number of Topliss-reactive ketones (excluding diaryl/α,β-unsaturated/α-hetero) is 1. The Morgan fingerprint density at radius 2 is 1.52 bits per heavy atom. The van der Waals surface area contributed by atoms with Crippen molar-refractivity contribution in [1.29, 1.82) is 0 Å². The highest BCUT2D eigenvalue weighted by Gasteiger charge is 2.46. The van der Waals surface area contributed by atoms with E-state index in [1.165, 1.54) is 4.90 Å². The van der Waals surface area contributed by atoms with Gasteiger partial charge in [-0.05, 0) is 60.4 Å². The number of ether oxygens (including phenoxy) is 2. The first-order chi connectivity index (χ1) is 19.4. The number of rotatable bonds is 8. The van der Waals surface area contributed by atoms with E-state index in [4.69, 9.17) is 9.47 Å². The van der Waals surface area contributed by atoms with Gasteiger partial charge in [-0.3, -0.25) is 9.59 Å². The summed E-state index contributed by atoms with van der Waals surface area (Å²) in [6.07, 6.45) is 0. The molecular weight excluding hydrogens is 502 g/mol. The number of aliphatic hydroxyl groups is 1. The predicted molar refractivity (Wildman–Crippen MR) is 154 cm³/mol. The van der Waals surface area contributed by atoms with Crippen molar-refractivity contribution in [2.24, 2.45) is 0 Å². The number of hydrogen-bond acceptors (Lipinski definition) is 5. The van der Waals surface area contributed by atoms with Crippen LogP contribution in [0.5, 0.6) is 11.5 Å². The van der Waals surface area contributed by atoms with Gasteiger partial charge in [0.05, 0.1) is 25.3 Å². The van der Waals surface area contributed by atoms with E-state index < -0.39 is 17.7 Å². The summed E-state index contributed by atoms with van der Waals surface area (Å²) in [7, 11) is 1.57. The summed E-state index contributed by atoms with van der Waals surface area (Å²) in [5.74, 6) is -0.308. The fraction of sp³-hybridized carbons (Fsp3) is 0.176. The predicted octanol–water partition coefficient (Wildman–Crippen LogP) is 6.51. The van der Waals surface area contributed by atoms with Crippen LogP contribution in [0.4, 0.5) is 0 Å². The van der Waals surface area contributed by atoms with Gasteiger partial charge in [-0.25, -0.2) is 0 Å². The maximum absolute atomic E-state index is 13.5. The first-order valence-electron chi connectivity index (χ1n) is 13.1. The summed E-state index contributed by atoms with van der Waals surface area (Å²) in [6, 6.07) is 29.4. The Morgan fingerprint density at radius 3 is 2.25 bits per heavy atom. The number of ketones is 1. The summed E-state index contributed by atoms with van der Waals surface area (Å²) in [6.45, 7) is 4.38. The van der Waals surface area contributed by atoms with E-state index in [0.29, 0.717) is 23.7 Å². The van der Waals surface area contributed by atoms with E-state index in [9.17, 15) is 14.7 Å². The van der Waals surface area contributed by atoms with Crippen LogP contribution in [-0.4, -0.2) is 28.8 Å². The minimum Gasteiger partial charge on any atom is -0.507 e. The van der Waals surface area contributed by atoms with Gasteiger partial charge in [-0.2, -0.15) is 0 Å². The summed E-state index contributed by atoms with van der Waals surface area (Å²) in [5, 5.41) is 11.6. The molecule has 1 saturated heterocycles. The number of aliphatic hydroxyl groups excluding tert-OH is 1. The summed E-state index contributed by atoms with van der Waals surface area (Å²) in [4.78, 5) is 28.5. The molecule has 1 aliphatic heterocycles. The quantitative estimate of drug-likeness (QED) is 0.159. The molecule has 0 aromatic heterocycles. The minimum absolute atomic E-state index is 0.0616. The Bertz CT molecular complexity index is 1590. The smallest absolute Gasteiger partial charge is 0.295 e. The Morgan fingerprint density at radius 1 is 0.825 bits per heavy atom. The van der Waals surface area contributed by atoms with Crippen LogP contribution in [0.25, 0.3) is 5.76 Å². The van der Waals surface area contributed by atoms with Gasteiger partial charge < -0.3 is 19.5 Å². The lowest BCUT2D eigenvalue weighted by Gasteiger charge is -2.27. The average Bonchev–Trinajstić information content (AvgIpc) is 3.22. The van der Waals surface area contributed by atoms with Crippen LogP contribution in [0, 0.1) is 13.8 Å². The van der Waals surface area contributed by atoms with Crippen LogP contribution in [0.3, 0.4) is 0 Å². The third kappa shape index (κ3) is 5.21. The van der Waals surface area contributed by atoms with Crippen molar-refractivity contribution in [2.75, 3.05) is 7.11 Å². The monoisotopic (exact) mass is 533 g/mol. The van der Waals surface area contributed by atoms with Crippen LogP contribution in [0.1, 0.15) is 39.4 Å². The van der Waals surface area contributed by atoms with Crippen molar-refractivity contribution in [3.63, 3.8) is 0 Å². The van der Waals surface area contributed by atoms with Crippen molar-refractivity contribution in [2.45, 2.75) is 33.0 Å². The molecule has 1 N–H and O–H groups in total. The van der Waals surface area contributed by atoms with Crippen LogP contribution >= 0.6 is 0 Å². The SMILES string of the molecule is COc1ccccc1CN1C(=O)C(=O)/C(=C(/O)c2ccc(OCc3ccccc3)c(C)c2)C1c1ccccc1C. The molecule has 0 radical (unpaired) electrons. The van der Waals surface area contributed by atoms with Gasteiger partial charge in [-0.15, -0.1) is 0 Å². The van der Waals surface area contributed by atoms with Gasteiger partial charge in [-0.1, -0.05) is 72.8 Å². The Balaban J connectivity index is 1.54. The maximum Gasteiger partial charge on any atom is 0.295 e. The molecule has 1 atom stereocenters. The zero-order valence-electron chi connectivity index (χ0n) is 22.8. The van der Waals surface area contributed by atoms with Crippen molar-refractivity contribution in [1.82, 2.24) is 4.90 Å². The molecule has 0 aliphatic carbocycles. The number of carbonyl (C=O) groups excluding carboxylic acids is 2. The number of para-hydroxylation sites is 1. The van der Waals surface area contributed by atoms with Crippen molar-refractivity contribution >= 4 is 17.4 Å². The molecule has 40 heavy (non-hydrogen) atoms. The third-order valence-corrected chi connectivity index (χ3v) is 7.24. The second-order valence-corrected chi connectivity index (χ2v) is 9.85. The van der Waals surface area contributed by atoms with Crippen LogP contribution in [0.15, 0.2) is 103 Å². The fourth-order valence-electron chi connectivity index (χ4n) is 5.13. The Hall–Kier alpha value is -4.84. The average molecular weight is 534 g/mol. The van der Waals surface area contributed by atoms with E-state index >= 15 is 0 Å². The second kappa shape index (κ2) is 11.5. The summed E-state index contributed by atoms with van der Waals surface area (Å²) < 4.78 is 11.5. The van der Waals surface area contributed by atoms with Crippen molar-refractivity contribution in [3.05, 3.63) is 136 Å². The molecule has 202 valence electrons. The largest absolute Gasteiger partial charge is 0.507 e. The van der Waals surface area contributed by atoms with Gasteiger partial charge in [0.15, 0.2) is 0 Å². The lowest BCUT2D eigenvalue weighted by atomic mass is 9.92. The zero-order chi connectivity index (χ0) is 28.2. The normalized spacial score (nSPS) is 16.3. The maximum atomic E-state index is 13.5. The number of amides is 1. The molecule has 0 saturated carbocycles. The van der Waals surface area contributed by atoms with Gasteiger partial charge in [0.25, 0.3) is 11.7 Å². The molecule has 1 unspecified atom stereocenters. The summed E-state index contributed by atoms with van der Waals surface area (Å²) >= 11 is 0. The zero-order valence-corrected chi connectivity index (χ0v) is 22.8. The summed E-state index contributed by atoms with van der Waals surface area (Å²) in [5.41, 5.74) is 4.80. The molecule has 4 aromatic carbocycles. The lowest BCUT2D eigenvalue weighted by Crippen LogP contribution is -2.29. The van der Waals surface area contributed by atoms with Gasteiger partial charge in [0, 0.05) is 11.1 Å². The standard InChI is InChI=1S/C34H31NO5/c1-22-11-7-9-15-27(22)31-30(33(37)34(38)35(31)20-26-14-8-10-16-29(26)39-3)32(36)25-17-18-28(23(2)19-25)40-21-24-12-5-4-6-13-24/h4-19,31,36H,20-21H2,1-3H3/b32-30+. The number of hydrogen-bond donors (Lipinski definition) is 1. The molecule has 6 heteroatoms. The molecule has 0 bridgehead atoms. The fourth-order valence-corrected chi connectivity index (χ4v) is 5.13. The lowest BCUT2D eigenvalue weighted by molar-refractivity contribution is -0.140. The Kier molecular flexibility index (Phi) is 7.69. The van der Waals surface area contributed by atoms with Crippen LogP contribution < -0.4 is 9.47 Å². The van der Waals surface area contributed by atoms with Crippen LogP contribution in [0.2, 0.25) is 0 Å². The topological polar surface area (TPSA) is 76.1 Å². The van der Waals surface area contributed by atoms with E-state index in [1.807, 2.05) is 92.7 Å². The molecule has 5 rings (SSSR count). The molecular formula is C34H31NO5. The molecule has 1 heterocycles. The molecule has 0 spiro atoms. The molecule has 1 aliphatic rings. The van der Waals surface area contributed by atoms with Crippen molar-refractivity contribution < 1.29 is 24.2 Å². The molecule has 6 nitrogen and oxygen atoms in total. The number of aryl methyl sites for hydroxylation is 2. The highest BCUT2D eigenvalue weighted by molar-refractivity contribution is 6.46. The molecule has 1 amide bonds. The highest BCUT2D eigenvalue weighted by atomic mass is 16.5. The Labute approximate surface area is 234 Å². The van der Waals surface area contributed by atoms with Crippen LogP contribution in [-0.2, 0) is 22.7 Å². The molecule has 4 aromatic rings. The second-order valence-electron chi connectivity index (χ2n) is 9.85.